The smallest absolute Gasteiger partial charge is 0.264 e. The van der Waals surface area contributed by atoms with Crippen LogP contribution in [0.25, 0.3) is 11.0 Å². The van der Waals surface area contributed by atoms with E-state index in [4.69, 9.17) is 0 Å². The van der Waals surface area contributed by atoms with Crippen molar-refractivity contribution < 1.29 is 4.79 Å². The second kappa shape index (κ2) is 8.32. The largest absolute Gasteiger partial charge is 0.345 e. The first-order chi connectivity index (χ1) is 14.5. The number of rotatable bonds is 6. The molecule has 0 aliphatic carbocycles. The molecule has 0 radical (unpaired) electrons. The molecule has 152 valence electrons. The summed E-state index contributed by atoms with van der Waals surface area (Å²) in [6.45, 7) is 2.28. The second-order valence-corrected chi connectivity index (χ2v) is 7.32. The Labute approximate surface area is 174 Å². The van der Waals surface area contributed by atoms with Crippen molar-refractivity contribution in [3.8, 4) is 0 Å². The molecule has 1 atom stereocenters. The van der Waals surface area contributed by atoms with Crippen LogP contribution in [0.15, 0.2) is 71.9 Å². The Bertz CT molecular complexity index is 1230. The van der Waals surface area contributed by atoms with Crippen molar-refractivity contribution in [3.05, 3.63) is 94.2 Å². The first-order valence-corrected chi connectivity index (χ1v) is 9.81. The zero-order valence-electron chi connectivity index (χ0n) is 16.9. The topological polar surface area (TPSA) is 81.8 Å². The lowest BCUT2D eigenvalue weighted by Gasteiger charge is -2.20. The first-order valence-electron chi connectivity index (χ1n) is 9.81. The lowest BCUT2D eigenvalue weighted by atomic mass is 9.97. The van der Waals surface area contributed by atoms with Gasteiger partial charge in [-0.1, -0.05) is 60.2 Å². The van der Waals surface area contributed by atoms with Gasteiger partial charge in [-0.3, -0.25) is 18.8 Å². The summed E-state index contributed by atoms with van der Waals surface area (Å²) in [5.41, 5.74) is 3.51. The minimum Gasteiger partial charge on any atom is -0.345 e. The van der Waals surface area contributed by atoms with Gasteiger partial charge in [0.15, 0.2) is 5.65 Å². The number of nitrogens with one attached hydrogen (secondary N) is 1. The van der Waals surface area contributed by atoms with Crippen molar-refractivity contribution in [2.75, 3.05) is 0 Å². The Kier molecular flexibility index (Phi) is 5.43. The highest BCUT2D eigenvalue weighted by molar-refractivity contribution is 5.77. The monoisotopic (exact) mass is 401 g/mol. The third-order valence-electron chi connectivity index (χ3n) is 5.15. The number of fused-ring (bicyclic) bond motifs is 1. The fourth-order valence-electron chi connectivity index (χ4n) is 3.44. The molecule has 0 aliphatic rings. The Hall–Kier alpha value is -3.74. The summed E-state index contributed by atoms with van der Waals surface area (Å²) >= 11 is 0. The zero-order chi connectivity index (χ0) is 21.1. The third-order valence-corrected chi connectivity index (χ3v) is 5.15. The predicted octanol–water partition coefficient (Wildman–Crippen LogP) is 2.73. The molecule has 2 aromatic carbocycles. The number of hydrogen-bond acceptors (Lipinski definition) is 4. The van der Waals surface area contributed by atoms with Crippen molar-refractivity contribution in [2.45, 2.75) is 25.9 Å². The van der Waals surface area contributed by atoms with Crippen molar-refractivity contribution in [2.24, 2.45) is 7.05 Å². The number of aryl methyl sites for hydroxylation is 3. The Morgan fingerprint density at radius 1 is 1.07 bits per heavy atom. The molecule has 0 saturated carbocycles. The highest BCUT2D eigenvalue weighted by Gasteiger charge is 2.17. The highest BCUT2D eigenvalue weighted by atomic mass is 16.2. The molecule has 30 heavy (non-hydrogen) atoms. The van der Waals surface area contributed by atoms with Gasteiger partial charge in [-0.2, -0.15) is 5.10 Å². The van der Waals surface area contributed by atoms with Crippen LogP contribution in [0.3, 0.4) is 0 Å². The normalized spacial score (nSPS) is 12.1. The van der Waals surface area contributed by atoms with Crippen LogP contribution in [-0.4, -0.2) is 25.2 Å². The molecule has 0 bridgehead atoms. The van der Waals surface area contributed by atoms with E-state index in [-0.39, 0.29) is 30.5 Å². The molecule has 2 aromatic heterocycles. The maximum atomic E-state index is 12.8. The second-order valence-electron chi connectivity index (χ2n) is 7.32. The molecule has 1 amide bonds. The summed E-state index contributed by atoms with van der Waals surface area (Å²) in [7, 11) is 1.74. The summed E-state index contributed by atoms with van der Waals surface area (Å²) in [6.07, 6.45) is 3.14. The van der Waals surface area contributed by atoms with E-state index in [1.54, 1.807) is 11.7 Å². The van der Waals surface area contributed by atoms with Gasteiger partial charge in [0.05, 0.1) is 18.6 Å². The molecule has 1 N–H and O–H groups in total. The minimum absolute atomic E-state index is 0.136. The molecule has 7 nitrogen and oxygen atoms in total. The number of benzene rings is 2. The number of nitrogens with zero attached hydrogens (tertiary/aromatic N) is 4. The van der Waals surface area contributed by atoms with E-state index >= 15 is 0 Å². The summed E-state index contributed by atoms with van der Waals surface area (Å²) in [5, 5.41) is 7.62. The average molecular weight is 401 g/mol. The average Bonchev–Trinajstić information content (AvgIpc) is 3.14. The zero-order valence-corrected chi connectivity index (χ0v) is 16.9. The van der Waals surface area contributed by atoms with Crippen LogP contribution in [-0.2, 0) is 18.4 Å². The highest BCUT2D eigenvalue weighted by Crippen LogP contribution is 2.22. The summed E-state index contributed by atoms with van der Waals surface area (Å²) in [6, 6.07) is 17.7. The maximum absolute atomic E-state index is 12.8. The van der Waals surface area contributed by atoms with Crippen molar-refractivity contribution in [1.82, 2.24) is 24.6 Å². The SMILES string of the molecule is Cc1ccc(C(NC(=O)CCn2cnc3c(cnn3C)c2=O)c2ccccc2)cc1. The Morgan fingerprint density at radius 3 is 2.50 bits per heavy atom. The van der Waals surface area contributed by atoms with Crippen molar-refractivity contribution in [1.29, 1.82) is 0 Å². The molecule has 0 fully saturated rings. The van der Waals surface area contributed by atoms with Gasteiger partial charge < -0.3 is 5.32 Å². The standard InChI is InChI=1S/C23H23N5O2/c1-16-8-10-18(11-9-16)21(17-6-4-3-5-7-17)26-20(29)12-13-28-15-24-22-19(23(28)30)14-25-27(22)2/h3-11,14-15,21H,12-13H2,1-2H3,(H,26,29). The van der Waals surface area contributed by atoms with Crippen molar-refractivity contribution in [3.63, 3.8) is 0 Å². The fraction of sp³-hybridized carbons (Fsp3) is 0.217. The van der Waals surface area contributed by atoms with E-state index in [0.717, 1.165) is 16.7 Å². The van der Waals surface area contributed by atoms with Crippen LogP contribution in [0.2, 0.25) is 0 Å². The van der Waals surface area contributed by atoms with Crippen LogP contribution < -0.4 is 10.9 Å². The molecule has 0 aliphatic heterocycles. The number of carbonyl (C=O) groups is 1. The van der Waals surface area contributed by atoms with E-state index in [9.17, 15) is 9.59 Å². The fourth-order valence-corrected chi connectivity index (χ4v) is 3.44. The van der Waals surface area contributed by atoms with Crippen LogP contribution in [0.1, 0.15) is 29.2 Å². The van der Waals surface area contributed by atoms with Crippen LogP contribution in [0.4, 0.5) is 0 Å². The van der Waals surface area contributed by atoms with Gasteiger partial charge in [-0.05, 0) is 18.1 Å². The van der Waals surface area contributed by atoms with Crippen LogP contribution in [0.5, 0.6) is 0 Å². The number of amides is 1. The van der Waals surface area contributed by atoms with Gasteiger partial charge in [0.2, 0.25) is 5.91 Å². The lowest BCUT2D eigenvalue weighted by Crippen LogP contribution is -2.31. The summed E-state index contributed by atoms with van der Waals surface area (Å²) in [4.78, 5) is 29.6. The van der Waals surface area contributed by atoms with E-state index in [1.165, 1.54) is 17.1 Å². The lowest BCUT2D eigenvalue weighted by molar-refractivity contribution is -0.121. The van der Waals surface area contributed by atoms with Gasteiger partial charge in [0.1, 0.15) is 5.39 Å². The quantitative estimate of drug-likeness (QED) is 0.539. The predicted molar refractivity (Wildman–Crippen MR) is 115 cm³/mol. The molecular formula is C23H23N5O2. The summed E-state index contributed by atoms with van der Waals surface area (Å²) in [5.74, 6) is -0.136. The molecular weight excluding hydrogens is 378 g/mol. The van der Waals surface area contributed by atoms with E-state index in [0.29, 0.717) is 11.0 Å². The summed E-state index contributed by atoms with van der Waals surface area (Å²) < 4.78 is 3.01. The van der Waals surface area contributed by atoms with Crippen LogP contribution in [0, 0.1) is 6.92 Å². The van der Waals surface area contributed by atoms with Crippen LogP contribution >= 0.6 is 0 Å². The third kappa shape index (κ3) is 4.00. The Morgan fingerprint density at radius 2 is 1.77 bits per heavy atom. The molecule has 4 rings (SSSR count). The molecule has 7 heteroatoms. The van der Waals surface area contributed by atoms with Gasteiger partial charge in [0, 0.05) is 20.0 Å². The van der Waals surface area contributed by atoms with E-state index in [1.807, 2.05) is 61.5 Å². The molecule has 4 aromatic rings. The van der Waals surface area contributed by atoms with E-state index in [2.05, 4.69) is 15.4 Å². The maximum Gasteiger partial charge on any atom is 0.264 e. The first kappa shape index (κ1) is 19.6. The van der Waals surface area contributed by atoms with Gasteiger partial charge in [0.25, 0.3) is 5.56 Å². The molecule has 0 spiro atoms. The number of aromatic nitrogens is 4. The molecule has 2 heterocycles. The molecule has 1 unspecified atom stereocenters. The van der Waals surface area contributed by atoms with Gasteiger partial charge >= 0.3 is 0 Å². The van der Waals surface area contributed by atoms with E-state index < -0.39 is 0 Å². The minimum atomic E-state index is -0.255. The van der Waals surface area contributed by atoms with Gasteiger partial charge in [-0.25, -0.2) is 4.98 Å². The van der Waals surface area contributed by atoms with Crippen molar-refractivity contribution >= 4 is 16.9 Å². The number of hydrogen-bond donors (Lipinski definition) is 1. The number of carbonyl (C=O) groups excluding carboxylic acids is 1. The molecule has 0 saturated heterocycles. The Balaban J connectivity index is 1.51. The van der Waals surface area contributed by atoms with Gasteiger partial charge in [-0.15, -0.1) is 0 Å².